The SMILES string of the molecule is CC(Oc1cccc2c1C(=O)N(C1CCC(=O)NC1=O)C2=O)n1ccnn1. The standard InChI is InChI=1S/C17H15N5O5/c1-9(21-8-7-18-20-21)27-12-4-2-3-10-14(12)17(26)22(16(10)25)11-5-6-13(23)19-15(11)24/h2-4,7-9,11H,5-6H2,1H3,(H,19,23,24). The minimum Gasteiger partial charge on any atom is -0.468 e. The zero-order chi connectivity index (χ0) is 19.1. The van der Waals surface area contributed by atoms with Crippen LogP contribution in [0, 0.1) is 0 Å². The van der Waals surface area contributed by atoms with Crippen LogP contribution in [0.3, 0.4) is 0 Å². The van der Waals surface area contributed by atoms with Crippen LogP contribution in [-0.4, -0.2) is 49.6 Å². The highest BCUT2D eigenvalue weighted by molar-refractivity contribution is 6.24. The summed E-state index contributed by atoms with van der Waals surface area (Å²) in [4.78, 5) is 50.1. The van der Waals surface area contributed by atoms with E-state index in [0.29, 0.717) is 0 Å². The smallest absolute Gasteiger partial charge is 0.266 e. The molecule has 27 heavy (non-hydrogen) atoms. The lowest BCUT2D eigenvalue weighted by Gasteiger charge is -2.27. The average Bonchev–Trinajstić information content (AvgIpc) is 3.25. The zero-order valence-corrected chi connectivity index (χ0v) is 14.3. The summed E-state index contributed by atoms with van der Waals surface area (Å²) >= 11 is 0. The van der Waals surface area contributed by atoms with Gasteiger partial charge in [0.2, 0.25) is 11.8 Å². The molecule has 2 unspecified atom stereocenters. The first-order valence-corrected chi connectivity index (χ1v) is 8.34. The van der Waals surface area contributed by atoms with Gasteiger partial charge < -0.3 is 4.74 Å². The molecule has 2 aliphatic rings. The van der Waals surface area contributed by atoms with Crippen LogP contribution in [0.25, 0.3) is 0 Å². The number of nitrogens with zero attached hydrogens (tertiary/aromatic N) is 4. The minimum absolute atomic E-state index is 0.0660. The highest BCUT2D eigenvalue weighted by Crippen LogP contribution is 2.34. The molecule has 10 heteroatoms. The van der Waals surface area contributed by atoms with Crippen LogP contribution in [0.4, 0.5) is 0 Å². The number of imide groups is 2. The summed E-state index contributed by atoms with van der Waals surface area (Å²) in [5.74, 6) is -2.06. The Morgan fingerprint density at radius 2 is 2.04 bits per heavy atom. The van der Waals surface area contributed by atoms with E-state index in [9.17, 15) is 19.2 Å². The lowest BCUT2D eigenvalue weighted by molar-refractivity contribution is -0.136. The van der Waals surface area contributed by atoms with Gasteiger partial charge in [-0.15, -0.1) is 5.10 Å². The topological polar surface area (TPSA) is 123 Å². The fraction of sp³-hybridized carbons (Fsp3) is 0.294. The van der Waals surface area contributed by atoms with Crippen molar-refractivity contribution >= 4 is 23.6 Å². The van der Waals surface area contributed by atoms with Crippen molar-refractivity contribution in [2.24, 2.45) is 0 Å². The molecule has 1 aromatic heterocycles. The fourth-order valence-electron chi connectivity index (χ4n) is 3.23. The maximum Gasteiger partial charge on any atom is 0.266 e. The molecule has 0 bridgehead atoms. The second-order valence-corrected chi connectivity index (χ2v) is 6.23. The first-order chi connectivity index (χ1) is 13.0. The van der Waals surface area contributed by atoms with Gasteiger partial charge in [-0.1, -0.05) is 11.3 Å². The summed E-state index contributed by atoms with van der Waals surface area (Å²) in [7, 11) is 0. The number of nitrogens with one attached hydrogen (secondary N) is 1. The molecule has 10 nitrogen and oxygen atoms in total. The van der Waals surface area contributed by atoms with E-state index >= 15 is 0 Å². The van der Waals surface area contributed by atoms with Crippen molar-refractivity contribution in [1.29, 1.82) is 0 Å². The first kappa shape index (κ1) is 16.9. The van der Waals surface area contributed by atoms with Crippen LogP contribution in [-0.2, 0) is 9.59 Å². The molecule has 3 heterocycles. The van der Waals surface area contributed by atoms with Gasteiger partial charge in [0.1, 0.15) is 11.8 Å². The van der Waals surface area contributed by atoms with Gasteiger partial charge >= 0.3 is 0 Å². The molecule has 0 aliphatic carbocycles. The van der Waals surface area contributed by atoms with E-state index in [1.165, 1.54) is 16.9 Å². The van der Waals surface area contributed by atoms with Crippen molar-refractivity contribution in [3.05, 3.63) is 41.7 Å². The molecule has 1 N–H and O–H groups in total. The van der Waals surface area contributed by atoms with E-state index < -0.39 is 35.9 Å². The van der Waals surface area contributed by atoms with Crippen LogP contribution < -0.4 is 10.1 Å². The molecule has 4 amide bonds. The molecule has 2 aromatic rings. The normalized spacial score (nSPS) is 20.5. The summed E-state index contributed by atoms with van der Waals surface area (Å²) in [6.07, 6.45) is 2.70. The molecule has 2 atom stereocenters. The molecule has 1 fully saturated rings. The van der Waals surface area contributed by atoms with E-state index in [-0.39, 0.29) is 29.7 Å². The van der Waals surface area contributed by atoms with E-state index in [1.807, 2.05) is 0 Å². The summed E-state index contributed by atoms with van der Waals surface area (Å²) < 4.78 is 7.26. The number of benzene rings is 1. The van der Waals surface area contributed by atoms with E-state index in [4.69, 9.17) is 4.74 Å². The van der Waals surface area contributed by atoms with Gasteiger partial charge in [0.05, 0.1) is 17.3 Å². The molecule has 2 aliphatic heterocycles. The number of ether oxygens (including phenoxy) is 1. The number of carbonyl (C=O) groups is 4. The second-order valence-electron chi connectivity index (χ2n) is 6.23. The maximum absolute atomic E-state index is 12.9. The van der Waals surface area contributed by atoms with Gasteiger partial charge in [0, 0.05) is 12.6 Å². The molecule has 1 aromatic carbocycles. The number of aromatic nitrogens is 3. The number of rotatable bonds is 4. The third kappa shape index (κ3) is 2.75. The Kier molecular flexibility index (Phi) is 3.94. The lowest BCUT2D eigenvalue weighted by Crippen LogP contribution is -2.54. The maximum atomic E-state index is 12.9. The minimum atomic E-state index is -1.02. The fourth-order valence-corrected chi connectivity index (χ4v) is 3.23. The van der Waals surface area contributed by atoms with Crippen molar-refractivity contribution in [2.45, 2.75) is 32.0 Å². The molecule has 138 valence electrons. The molecular formula is C17H15N5O5. The molecule has 0 saturated carbocycles. The predicted octanol–water partition coefficient (Wildman–Crippen LogP) is 0.277. The van der Waals surface area contributed by atoms with Crippen LogP contribution in [0.5, 0.6) is 5.75 Å². The van der Waals surface area contributed by atoms with Gasteiger partial charge in [0.15, 0.2) is 6.23 Å². The van der Waals surface area contributed by atoms with Crippen molar-refractivity contribution in [2.75, 3.05) is 0 Å². The number of carbonyl (C=O) groups excluding carboxylic acids is 4. The van der Waals surface area contributed by atoms with E-state index in [1.54, 1.807) is 25.3 Å². The van der Waals surface area contributed by atoms with Crippen molar-refractivity contribution in [3.63, 3.8) is 0 Å². The monoisotopic (exact) mass is 369 g/mol. The van der Waals surface area contributed by atoms with Gasteiger partial charge in [-0.2, -0.15) is 0 Å². The Morgan fingerprint density at radius 3 is 2.74 bits per heavy atom. The van der Waals surface area contributed by atoms with Gasteiger partial charge in [-0.05, 0) is 25.5 Å². The molecule has 0 radical (unpaired) electrons. The Morgan fingerprint density at radius 1 is 1.22 bits per heavy atom. The summed E-state index contributed by atoms with van der Waals surface area (Å²) in [6.45, 7) is 1.72. The average molecular weight is 369 g/mol. The Bertz CT molecular complexity index is 955. The van der Waals surface area contributed by atoms with E-state index in [0.717, 1.165) is 4.90 Å². The van der Waals surface area contributed by atoms with Crippen molar-refractivity contribution in [1.82, 2.24) is 25.2 Å². The molecule has 0 spiro atoms. The summed E-state index contributed by atoms with van der Waals surface area (Å²) in [5.41, 5.74) is 0.257. The number of piperidine rings is 1. The number of fused-ring (bicyclic) bond motifs is 1. The third-order valence-corrected chi connectivity index (χ3v) is 4.54. The highest BCUT2D eigenvalue weighted by atomic mass is 16.5. The predicted molar refractivity (Wildman–Crippen MR) is 88.5 cm³/mol. The van der Waals surface area contributed by atoms with E-state index in [2.05, 4.69) is 15.6 Å². The number of amides is 4. The third-order valence-electron chi connectivity index (χ3n) is 4.54. The highest BCUT2D eigenvalue weighted by Gasteiger charge is 2.46. The van der Waals surface area contributed by atoms with Crippen molar-refractivity contribution < 1.29 is 23.9 Å². The lowest BCUT2D eigenvalue weighted by atomic mass is 10.0. The summed E-state index contributed by atoms with van der Waals surface area (Å²) in [5, 5.41) is 9.71. The largest absolute Gasteiger partial charge is 0.468 e. The van der Waals surface area contributed by atoms with Gasteiger partial charge in [0.25, 0.3) is 11.8 Å². The zero-order valence-electron chi connectivity index (χ0n) is 14.3. The Hall–Kier alpha value is -3.56. The number of hydrogen-bond acceptors (Lipinski definition) is 7. The van der Waals surface area contributed by atoms with Crippen molar-refractivity contribution in [3.8, 4) is 5.75 Å². The number of hydrogen-bond donors (Lipinski definition) is 1. The van der Waals surface area contributed by atoms with Crippen LogP contribution in [0.2, 0.25) is 0 Å². The summed E-state index contributed by atoms with van der Waals surface area (Å²) in [6, 6.07) is 3.66. The molecular weight excluding hydrogens is 354 g/mol. The molecule has 4 rings (SSSR count). The van der Waals surface area contributed by atoms with Crippen LogP contribution >= 0.6 is 0 Å². The van der Waals surface area contributed by atoms with Crippen LogP contribution in [0.1, 0.15) is 46.7 Å². The van der Waals surface area contributed by atoms with Gasteiger partial charge in [-0.25, -0.2) is 4.68 Å². The Labute approximate surface area is 153 Å². The second kappa shape index (κ2) is 6.31. The Balaban J connectivity index is 1.65. The quantitative estimate of drug-likeness (QED) is 0.768. The van der Waals surface area contributed by atoms with Crippen LogP contribution in [0.15, 0.2) is 30.6 Å². The first-order valence-electron chi connectivity index (χ1n) is 8.34. The van der Waals surface area contributed by atoms with Gasteiger partial charge in [-0.3, -0.25) is 29.4 Å². The molecule has 1 saturated heterocycles.